The first-order valence-electron chi connectivity index (χ1n) is 7.28. The SMILES string of the molecule is Cc1cccc(C)c1NC(=O)CN1CCCC(C(=O)O)C1. The van der Waals surface area contributed by atoms with Crippen LogP contribution in [-0.2, 0) is 9.59 Å². The molecule has 0 aromatic heterocycles. The van der Waals surface area contributed by atoms with Crippen LogP contribution >= 0.6 is 0 Å². The first-order chi connectivity index (χ1) is 9.97. The van der Waals surface area contributed by atoms with Gasteiger partial charge in [-0.1, -0.05) is 18.2 Å². The summed E-state index contributed by atoms with van der Waals surface area (Å²) < 4.78 is 0. The lowest BCUT2D eigenvalue weighted by atomic mass is 9.98. The number of amides is 1. The number of para-hydroxylation sites is 1. The molecule has 1 amide bonds. The van der Waals surface area contributed by atoms with Crippen LogP contribution in [-0.4, -0.2) is 41.5 Å². The normalized spacial score (nSPS) is 19.2. The van der Waals surface area contributed by atoms with Crippen molar-refractivity contribution in [1.29, 1.82) is 0 Å². The van der Waals surface area contributed by atoms with Crippen LogP contribution < -0.4 is 5.32 Å². The van der Waals surface area contributed by atoms with Gasteiger partial charge in [0.15, 0.2) is 0 Å². The van der Waals surface area contributed by atoms with E-state index in [0.717, 1.165) is 29.8 Å². The average molecular weight is 290 g/mol. The number of carbonyl (C=O) groups excluding carboxylic acids is 1. The van der Waals surface area contributed by atoms with Crippen LogP contribution in [0.15, 0.2) is 18.2 Å². The van der Waals surface area contributed by atoms with Crippen molar-refractivity contribution in [1.82, 2.24) is 4.90 Å². The van der Waals surface area contributed by atoms with E-state index in [1.54, 1.807) is 0 Å². The molecule has 1 aliphatic heterocycles. The largest absolute Gasteiger partial charge is 0.481 e. The maximum Gasteiger partial charge on any atom is 0.307 e. The lowest BCUT2D eigenvalue weighted by Gasteiger charge is -2.30. The zero-order chi connectivity index (χ0) is 15.4. The Morgan fingerprint density at radius 2 is 2.00 bits per heavy atom. The summed E-state index contributed by atoms with van der Waals surface area (Å²) in [4.78, 5) is 25.1. The monoisotopic (exact) mass is 290 g/mol. The van der Waals surface area contributed by atoms with Gasteiger partial charge >= 0.3 is 5.97 Å². The molecule has 1 atom stereocenters. The molecule has 2 N–H and O–H groups in total. The molecule has 114 valence electrons. The quantitative estimate of drug-likeness (QED) is 0.890. The van der Waals surface area contributed by atoms with Crippen molar-refractivity contribution in [3.63, 3.8) is 0 Å². The van der Waals surface area contributed by atoms with Crippen molar-refractivity contribution in [3.05, 3.63) is 29.3 Å². The van der Waals surface area contributed by atoms with Gasteiger partial charge in [-0.3, -0.25) is 14.5 Å². The first kappa shape index (κ1) is 15.5. The molecule has 1 fully saturated rings. The number of carboxylic acids is 1. The zero-order valence-electron chi connectivity index (χ0n) is 12.6. The molecule has 1 aromatic carbocycles. The van der Waals surface area contributed by atoms with Crippen LogP contribution in [0.1, 0.15) is 24.0 Å². The summed E-state index contributed by atoms with van der Waals surface area (Å²) in [7, 11) is 0. The van der Waals surface area contributed by atoms with Crippen LogP contribution in [0.2, 0.25) is 0 Å². The van der Waals surface area contributed by atoms with Crippen molar-refractivity contribution >= 4 is 17.6 Å². The van der Waals surface area contributed by atoms with E-state index in [9.17, 15) is 9.59 Å². The van der Waals surface area contributed by atoms with E-state index >= 15 is 0 Å². The van der Waals surface area contributed by atoms with E-state index in [1.807, 2.05) is 36.9 Å². The number of hydrogen-bond acceptors (Lipinski definition) is 3. The highest BCUT2D eigenvalue weighted by Crippen LogP contribution is 2.20. The van der Waals surface area contributed by atoms with Crippen LogP contribution in [0.3, 0.4) is 0 Å². The molecule has 1 heterocycles. The zero-order valence-corrected chi connectivity index (χ0v) is 12.6. The number of benzene rings is 1. The fourth-order valence-electron chi connectivity index (χ4n) is 2.79. The van der Waals surface area contributed by atoms with E-state index < -0.39 is 5.97 Å². The first-order valence-corrected chi connectivity index (χ1v) is 7.28. The van der Waals surface area contributed by atoms with Gasteiger partial charge in [0, 0.05) is 12.2 Å². The van der Waals surface area contributed by atoms with Crippen molar-refractivity contribution in [2.75, 3.05) is 25.0 Å². The molecule has 0 saturated carbocycles. The summed E-state index contributed by atoms with van der Waals surface area (Å²) in [5, 5.41) is 12.0. The number of aliphatic carboxylic acids is 1. The number of carboxylic acid groups (broad SMARTS) is 1. The Kier molecular flexibility index (Phi) is 4.96. The van der Waals surface area contributed by atoms with Crippen molar-refractivity contribution < 1.29 is 14.7 Å². The predicted molar refractivity (Wildman–Crippen MR) is 81.3 cm³/mol. The number of piperidine rings is 1. The maximum absolute atomic E-state index is 12.2. The maximum atomic E-state index is 12.2. The molecule has 5 nitrogen and oxygen atoms in total. The van der Waals surface area contributed by atoms with Gasteiger partial charge in [0.2, 0.25) is 5.91 Å². The van der Waals surface area contributed by atoms with E-state index in [0.29, 0.717) is 13.0 Å². The van der Waals surface area contributed by atoms with E-state index in [2.05, 4.69) is 5.32 Å². The second-order valence-corrected chi connectivity index (χ2v) is 5.73. The van der Waals surface area contributed by atoms with Crippen molar-refractivity contribution in [2.24, 2.45) is 5.92 Å². The van der Waals surface area contributed by atoms with Gasteiger partial charge < -0.3 is 10.4 Å². The smallest absolute Gasteiger partial charge is 0.307 e. The van der Waals surface area contributed by atoms with Crippen LogP contribution in [0.5, 0.6) is 0 Å². The molecule has 1 saturated heterocycles. The van der Waals surface area contributed by atoms with Crippen LogP contribution in [0, 0.1) is 19.8 Å². The Morgan fingerprint density at radius 1 is 1.33 bits per heavy atom. The molecular formula is C16H22N2O3. The number of nitrogens with zero attached hydrogens (tertiary/aromatic N) is 1. The van der Waals surface area contributed by atoms with Crippen LogP contribution in [0.25, 0.3) is 0 Å². The van der Waals surface area contributed by atoms with Crippen LogP contribution in [0.4, 0.5) is 5.69 Å². The summed E-state index contributed by atoms with van der Waals surface area (Å²) in [6, 6.07) is 5.89. The standard InChI is InChI=1S/C16H22N2O3/c1-11-5-3-6-12(2)15(11)17-14(19)10-18-8-4-7-13(9-18)16(20)21/h3,5-6,13H,4,7-10H2,1-2H3,(H,17,19)(H,20,21). The van der Waals surface area contributed by atoms with Crippen molar-refractivity contribution in [3.8, 4) is 0 Å². The second kappa shape index (κ2) is 6.72. The highest BCUT2D eigenvalue weighted by Gasteiger charge is 2.26. The summed E-state index contributed by atoms with van der Waals surface area (Å²) >= 11 is 0. The lowest BCUT2D eigenvalue weighted by Crippen LogP contribution is -2.42. The topological polar surface area (TPSA) is 69.6 Å². The molecule has 1 aromatic rings. The number of aryl methyl sites for hydroxylation is 2. The fourth-order valence-corrected chi connectivity index (χ4v) is 2.79. The Bertz CT molecular complexity index is 522. The summed E-state index contributed by atoms with van der Waals surface area (Å²) in [5.74, 6) is -1.21. The summed E-state index contributed by atoms with van der Waals surface area (Å²) in [6.45, 7) is 5.41. The summed E-state index contributed by atoms with van der Waals surface area (Å²) in [6.07, 6.45) is 1.53. The average Bonchev–Trinajstić information content (AvgIpc) is 2.43. The van der Waals surface area contributed by atoms with Gasteiger partial charge in [-0.2, -0.15) is 0 Å². The molecular weight excluding hydrogens is 268 g/mol. The van der Waals surface area contributed by atoms with Crippen molar-refractivity contribution in [2.45, 2.75) is 26.7 Å². The van der Waals surface area contributed by atoms with Gasteiger partial charge in [0.05, 0.1) is 12.5 Å². The fraction of sp³-hybridized carbons (Fsp3) is 0.500. The van der Waals surface area contributed by atoms with E-state index in [4.69, 9.17) is 5.11 Å². The molecule has 1 aliphatic rings. The molecule has 0 bridgehead atoms. The minimum atomic E-state index is -0.769. The molecule has 1 unspecified atom stereocenters. The lowest BCUT2D eigenvalue weighted by molar-refractivity contribution is -0.144. The minimum Gasteiger partial charge on any atom is -0.481 e. The Labute approximate surface area is 125 Å². The molecule has 5 heteroatoms. The van der Waals surface area contributed by atoms with Gasteiger partial charge in [-0.05, 0) is 44.4 Å². The predicted octanol–water partition coefficient (Wildman–Crippen LogP) is 2.04. The molecule has 0 spiro atoms. The number of carbonyl (C=O) groups is 2. The third-order valence-electron chi connectivity index (χ3n) is 3.97. The number of rotatable bonds is 4. The molecule has 2 rings (SSSR count). The number of likely N-dealkylation sites (tertiary alicyclic amines) is 1. The number of hydrogen-bond donors (Lipinski definition) is 2. The Morgan fingerprint density at radius 3 is 2.62 bits per heavy atom. The number of anilines is 1. The van der Waals surface area contributed by atoms with Gasteiger partial charge in [0.1, 0.15) is 0 Å². The Balaban J connectivity index is 1.94. The highest BCUT2D eigenvalue weighted by atomic mass is 16.4. The van der Waals surface area contributed by atoms with Gasteiger partial charge in [-0.25, -0.2) is 0 Å². The molecule has 0 radical (unpaired) electrons. The third kappa shape index (κ3) is 4.04. The highest BCUT2D eigenvalue weighted by molar-refractivity contribution is 5.93. The molecule has 21 heavy (non-hydrogen) atoms. The summed E-state index contributed by atoms with van der Waals surface area (Å²) in [5.41, 5.74) is 2.92. The van der Waals surface area contributed by atoms with Gasteiger partial charge in [-0.15, -0.1) is 0 Å². The van der Waals surface area contributed by atoms with E-state index in [-0.39, 0.29) is 18.4 Å². The minimum absolute atomic E-state index is 0.0848. The Hall–Kier alpha value is -1.88. The van der Waals surface area contributed by atoms with Gasteiger partial charge in [0.25, 0.3) is 0 Å². The third-order valence-corrected chi connectivity index (χ3v) is 3.97. The second-order valence-electron chi connectivity index (χ2n) is 5.73. The number of nitrogens with one attached hydrogen (secondary N) is 1. The van der Waals surface area contributed by atoms with E-state index in [1.165, 1.54) is 0 Å². The molecule has 0 aliphatic carbocycles.